The van der Waals surface area contributed by atoms with Gasteiger partial charge in [-0.1, -0.05) is 0 Å². The molecule has 0 saturated carbocycles. The van der Waals surface area contributed by atoms with Gasteiger partial charge in [-0.05, 0) is 38.4 Å². The molecule has 96 valence electrons. The van der Waals surface area contributed by atoms with E-state index in [9.17, 15) is 4.79 Å². The number of methoxy groups -OCH3 is 1. The number of rotatable bonds is 4. The quantitative estimate of drug-likeness (QED) is 0.894. The Morgan fingerprint density at radius 3 is 2.50 bits per heavy atom. The summed E-state index contributed by atoms with van der Waals surface area (Å²) in [5, 5.41) is 2.68. The number of hydrogen-bond donors (Lipinski definition) is 1. The van der Waals surface area contributed by atoms with E-state index in [1.165, 1.54) is 0 Å². The van der Waals surface area contributed by atoms with Crippen LogP contribution in [0.2, 0.25) is 0 Å². The minimum atomic E-state index is -0.325. The van der Waals surface area contributed by atoms with Gasteiger partial charge in [0.25, 0.3) is 0 Å². The fourth-order valence-electron chi connectivity index (χ4n) is 1.77. The van der Waals surface area contributed by atoms with Gasteiger partial charge < -0.3 is 14.2 Å². The lowest BCUT2D eigenvalue weighted by atomic mass is 10.1. The van der Waals surface area contributed by atoms with Gasteiger partial charge in [-0.15, -0.1) is 0 Å². The fourth-order valence-corrected chi connectivity index (χ4v) is 1.77. The molecule has 18 heavy (non-hydrogen) atoms. The van der Waals surface area contributed by atoms with Crippen molar-refractivity contribution in [1.29, 1.82) is 0 Å². The lowest BCUT2D eigenvalue weighted by Crippen LogP contribution is -2.16. The van der Waals surface area contributed by atoms with Crippen molar-refractivity contribution in [3.05, 3.63) is 40.2 Å². The van der Waals surface area contributed by atoms with Gasteiger partial charge in [0.2, 0.25) is 0 Å². The zero-order valence-corrected chi connectivity index (χ0v) is 10.7. The second-order valence-electron chi connectivity index (χ2n) is 4.31. The van der Waals surface area contributed by atoms with Gasteiger partial charge in [-0.25, -0.2) is 9.95 Å². The summed E-state index contributed by atoms with van der Waals surface area (Å²) in [5.41, 5.74) is 1.93. The summed E-state index contributed by atoms with van der Waals surface area (Å²) in [7, 11) is 5.43. The highest BCUT2D eigenvalue weighted by Gasteiger charge is 2.14. The highest BCUT2D eigenvalue weighted by molar-refractivity contribution is 5.62. The third-order valence-electron chi connectivity index (χ3n) is 2.65. The molecule has 1 aromatic heterocycles. The Labute approximate surface area is 105 Å². The molecule has 0 spiro atoms. The molecule has 0 aliphatic carbocycles. The molecular weight excluding hydrogens is 232 g/mol. The highest BCUT2D eigenvalue weighted by atomic mass is 16.5. The molecule has 5 heteroatoms. The molecule has 1 N–H and O–H groups in total. The Morgan fingerprint density at radius 2 is 1.94 bits per heavy atom. The molecule has 0 aliphatic heterocycles. The Balaban J connectivity index is 2.40. The predicted molar refractivity (Wildman–Crippen MR) is 68.7 cm³/mol. The van der Waals surface area contributed by atoms with Crippen molar-refractivity contribution in [2.24, 2.45) is 0 Å². The van der Waals surface area contributed by atoms with Crippen LogP contribution < -0.4 is 10.4 Å². The second-order valence-corrected chi connectivity index (χ2v) is 4.31. The first-order valence-corrected chi connectivity index (χ1v) is 5.61. The number of benzene rings is 1. The Morgan fingerprint density at radius 1 is 1.28 bits per heavy atom. The van der Waals surface area contributed by atoms with E-state index in [1.807, 2.05) is 43.3 Å². The van der Waals surface area contributed by atoms with Crippen molar-refractivity contribution in [3.8, 4) is 17.0 Å². The fraction of sp³-hybridized carbons (Fsp3) is 0.308. The molecule has 0 atom stereocenters. The van der Waals surface area contributed by atoms with E-state index >= 15 is 0 Å². The Hall–Kier alpha value is -2.01. The van der Waals surface area contributed by atoms with Crippen LogP contribution in [0.4, 0.5) is 0 Å². The molecule has 2 aromatic rings. The number of nitrogens with zero attached hydrogens (tertiary/aromatic N) is 1. The third-order valence-corrected chi connectivity index (χ3v) is 2.65. The van der Waals surface area contributed by atoms with E-state index in [1.54, 1.807) is 7.11 Å². The lowest BCUT2D eigenvalue weighted by Gasteiger charge is -2.08. The van der Waals surface area contributed by atoms with Crippen LogP contribution in [0.15, 0.2) is 33.6 Å². The molecule has 0 radical (unpaired) electrons. The number of aromatic nitrogens is 1. The van der Waals surface area contributed by atoms with Crippen LogP contribution in [0.5, 0.6) is 5.75 Å². The largest absolute Gasteiger partial charge is 0.497 e. The zero-order valence-electron chi connectivity index (χ0n) is 10.7. The molecule has 0 unspecified atom stereocenters. The molecular formula is C13H16N2O3. The minimum Gasteiger partial charge on any atom is -0.497 e. The average molecular weight is 248 g/mol. The van der Waals surface area contributed by atoms with Gasteiger partial charge in [-0.2, -0.15) is 0 Å². The minimum absolute atomic E-state index is 0.325. The van der Waals surface area contributed by atoms with Crippen LogP contribution in [0.3, 0.4) is 0 Å². The zero-order chi connectivity index (χ0) is 13.1. The highest BCUT2D eigenvalue weighted by Crippen LogP contribution is 2.23. The monoisotopic (exact) mass is 248 g/mol. The summed E-state index contributed by atoms with van der Waals surface area (Å²) in [5.74, 6) is 0.777. The number of H-pyrrole nitrogens is 1. The van der Waals surface area contributed by atoms with E-state index in [0.717, 1.165) is 17.0 Å². The van der Waals surface area contributed by atoms with Crippen LogP contribution in [-0.4, -0.2) is 31.3 Å². The summed E-state index contributed by atoms with van der Waals surface area (Å²) in [6.45, 7) is 0.535. The normalized spacial score (nSPS) is 10.9. The molecule has 0 aliphatic rings. The third kappa shape index (κ3) is 2.46. The Kier molecular flexibility index (Phi) is 3.53. The number of hydrogen-bond acceptors (Lipinski definition) is 4. The topological polar surface area (TPSA) is 58.5 Å². The summed E-state index contributed by atoms with van der Waals surface area (Å²) in [6.07, 6.45) is 0. The molecule has 1 aromatic carbocycles. The van der Waals surface area contributed by atoms with Crippen LogP contribution >= 0.6 is 0 Å². The van der Waals surface area contributed by atoms with Crippen LogP contribution in [0.25, 0.3) is 11.3 Å². The smallest absolute Gasteiger partial charge is 0.362 e. The van der Waals surface area contributed by atoms with Crippen molar-refractivity contribution in [2.45, 2.75) is 6.54 Å². The van der Waals surface area contributed by atoms with E-state index in [-0.39, 0.29) is 5.63 Å². The van der Waals surface area contributed by atoms with Gasteiger partial charge in [0.1, 0.15) is 5.75 Å². The first-order valence-electron chi connectivity index (χ1n) is 5.61. The molecule has 0 bridgehead atoms. The van der Waals surface area contributed by atoms with Crippen LogP contribution in [0.1, 0.15) is 5.56 Å². The van der Waals surface area contributed by atoms with E-state index in [0.29, 0.717) is 12.1 Å². The molecule has 2 rings (SSSR count). The van der Waals surface area contributed by atoms with E-state index in [4.69, 9.17) is 9.26 Å². The number of aromatic amines is 1. The van der Waals surface area contributed by atoms with Gasteiger partial charge >= 0.3 is 5.63 Å². The van der Waals surface area contributed by atoms with E-state index < -0.39 is 0 Å². The van der Waals surface area contributed by atoms with Gasteiger partial charge in [0.15, 0.2) is 0 Å². The van der Waals surface area contributed by atoms with E-state index in [2.05, 4.69) is 5.16 Å². The maximum atomic E-state index is 11.6. The average Bonchev–Trinajstić information content (AvgIpc) is 2.71. The van der Waals surface area contributed by atoms with Gasteiger partial charge in [0, 0.05) is 12.1 Å². The van der Waals surface area contributed by atoms with Crippen molar-refractivity contribution in [1.82, 2.24) is 10.1 Å². The predicted octanol–water partition coefficient (Wildman–Crippen LogP) is 1.71. The molecule has 5 nitrogen and oxygen atoms in total. The second kappa shape index (κ2) is 5.10. The van der Waals surface area contributed by atoms with Crippen molar-refractivity contribution in [2.75, 3.05) is 21.2 Å². The van der Waals surface area contributed by atoms with Gasteiger partial charge in [-0.3, -0.25) is 0 Å². The first-order chi connectivity index (χ1) is 8.61. The van der Waals surface area contributed by atoms with Crippen LogP contribution in [-0.2, 0) is 6.54 Å². The van der Waals surface area contributed by atoms with Crippen molar-refractivity contribution >= 4 is 0 Å². The van der Waals surface area contributed by atoms with Crippen molar-refractivity contribution in [3.63, 3.8) is 0 Å². The summed E-state index contributed by atoms with van der Waals surface area (Å²) in [4.78, 5) is 13.5. The standard InChI is InChI=1S/C13H16N2O3/c1-15(2)8-11-12(14-18-13(11)16)9-4-6-10(17-3)7-5-9/h4-7,14H,8H2,1-3H3. The molecule has 0 saturated heterocycles. The SMILES string of the molecule is COc1ccc(-c2[nH]oc(=O)c2CN(C)C)cc1. The summed E-state index contributed by atoms with van der Waals surface area (Å²) >= 11 is 0. The van der Waals surface area contributed by atoms with Crippen molar-refractivity contribution < 1.29 is 9.26 Å². The molecule has 0 fully saturated rings. The number of ether oxygens (including phenoxy) is 1. The summed E-state index contributed by atoms with van der Waals surface area (Å²) in [6, 6.07) is 7.47. The molecule has 0 amide bonds. The molecule has 1 heterocycles. The maximum absolute atomic E-state index is 11.6. The maximum Gasteiger partial charge on any atom is 0.362 e. The van der Waals surface area contributed by atoms with Gasteiger partial charge in [0.05, 0.1) is 18.4 Å². The summed E-state index contributed by atoms with van der Waals surface area (Å²) < 4.78 is 9.97. The number of nitrogens with one attached hydrogen (secondary N) is 1. The lowest BCUT2D eigenvalue weighted by molar-refractivity contribution is 0.375. The Bertz CT molecular complexity index is 567. The first kappa shape index (κ1) is 12.4. The van der Waals surface area contributed by atoms with Crippen LogP contribution in [0, 0.1) is 0 Å².